The highest BCUT2D eigenvalue weighted by atomic mass is 16.5. The number of anilines is 1. The predicted molar refractivity (Wildman–Crippen MR) is 136 cm³/mol. The molecule has 1 unspecified atom stereocenters. The topological polar surface area (TPSA) is 87.7 Å². The van der Waals surface area contributed by atoms with Crippen LogP contribution in [0.3, 0.4) is 0 Å². The summed E-state index contributed by atoms with van der Waals surface area (Å²) in [7, 11) is 0. The number of aryl methyl sites for hydroxylation is 1. The van der Waals surface area contributed by atoms with E-state index in [1.54, 1.807) is 18.2 Å². The monoisotopic (exact) mass is 475 g/mol. The van der Waals surface area contributed by atoms with Crippen LogP contribution in [0.1, 0.15) is 52.7 Å². The number of carbonyl (C=O) groups is 3. The van der Waals surface area contributed by atoms with Crippen molar-refractivity contribution >= 4 is 29.5 Å². The standard InChI is InChI=1S/C28H33N3O4/c1-19-5-3-7-25(20(19)2)30-26(32)18-31(17-24-6-4-16-35-24)27(33)15-10-21-8-11-22(12-9-21)28(34)29-23-13-14-23/h3,5,7-12,15,23-24H,4,6,13-14,16-18H2,1-2H3,(H,29,34)(H,30,32)/b15-10+. The minimum atomic E-state index is -0.257. The molecule has 1 aliphatic carbocycles. The molecule has 4 rings (SSSR count). The van der Waals surface area contributed by atoms with Gasteiger partial charge in [-0.2, -0.15) is 0 Å². The second kappa shape index (κ2) is 11.3. The number of ether oxygens (including phenoxy) is 1. The Kier molecular flexibility index (Phi) is 7.98. The second-order valence-electron chi connectivity index (χ2n) is 9.35. The highest BCUT2D eigenvalue weighted by Crippen LogP contribution is 2.20. The number of hydrogen-bond acceptors (Lipinski definition) is 4. The maximum atomic E-state index is 13.1. The number of nitrogens with zero attached hydrogens (tertiary/aromatic N) is 1. The zero-order chi connectivity index (χ0) is 24.8. The van der Waals surface area contributed by atoms with Gasteiger partial charge in [-0.1, -0.05) is 24.3 Å². The predicted octanol–water partition coefficient (Wildman–Crippen LogP) is 3.86. The third-order valence-electron chi connectivity index (χ3n) is 6.48. The lowest BCUT2D eigenvalue weighted by molar-refractivity contribution is -0.131. The molecular weight excluding hydrogens is 442 g/mol. The quantitative estimate of drug-likeness (QED) is 0.539. The van der Waals surface area contributed by atoms with Crippen LogP contribution < -0.4 is 10.6 Å². The Balaban J connectivity index is 1.39. The van der Waals surface area contributed by atoms with Crippen LogP contribution in [0.25, 0.3) is 6.08 Å². The van der Waals surface area contributed by atoms with E-state index in [0.717, 1.165) is 48.1 Å². The van der Waals surface area contributed by atoms with E-state index in [4.69, 9.17) is 4.74 Å². The molecule has 1 heterocycles. The van der Waals surface area contributed by atoms with Gasteiger partial charge < -0.3 is 20.3 Å². The third kappa shape index (κ3) is 7.02. The molecule has 0 bridgehead atoms. The molecule has 3 amide bonds. The van der Waals surface area contributed by atoms with Gasteiger partial charge in [0.15, 0.2) is 0 Å². The molecule has 1 atom stereocenters. The number of benzene rings is 2. The highest BCUT2D eigenvalue weighted by Gasteiger charge is 2.24. The number of hydrogen-bond donors (Lipinski definition) is 2. The summed E-state index contributed by atoms with van der Waals surface area (Å²) in [5.41, 5.74) is 4.25. The number of amides is 3. The molecule has 2 aromatic rings. The second-order valence-corrected chi connectivity index (χ2v) is 9.35. The van der Waals surface area contributed by atoms with Gasteiger partial charge in [0.25, 0.3) is 5.91 Å². The van der Waals surface area contributed by atoms with E-state index < -0.39 is 0 Å². The lowest BCUT2D eigenvalue weighted by atomic mass is 10.1. The maximum Gasteiger partial charge on any atom is 0.251 e. The molecule has 2 N–H and O–H groups in total. The van der Waals surface area contributed by atoms with Crippen molar-refractivity contribution in [1.82, 2.24) is 10.2 Å². The van der Waals surface area contributed by atoms with Crippen LogP contribution in [-0.4, -0.2) is 54.5 Å². The van der Waals surface area contributed by atoms with Gasteiger partial charge in [-0.25, -0.2) is 0 Å². The van der Waals surface area contributed by atoms with Gasteiger partial charge in [0.05, 0.1) is 6.10 Å². The van der Waals surface area contributed by atoms with Gasteiger partial charge in [-0.05, 0) is 80.5 Å². The molecule has 1 saturated heterocycles. The Morgan fingerprint density at radius 1 is 1.06 bits per heavy atom. The molecule has 7 heteroatoms. The van der Waals surface area contributed by atoms with Crippen LogP contribution in [0.5, 0.6) is 0 Å². The number of nitrogens with one attached hydrogen (secondary N) is 2. The molecule has 2 fully saturated rings. The summed E-state index contributed by atoms with van der Waals surface area (Å²) in [4.78, 5) is 39.6. The van der Waals surface area contributed by atoms with Gasteiger partial charge in [0, 0.05) is 36.5 Å². The van der Waals surface area contributed by atoms with Crippen molar-refractivity contribution in [3.8, 4) is 0 Å². The average Bonchev–Trinajstić information content (AvgIpc) is 3.51. The zero-order valence-electron chi connectivity index (χ0n) is 20.4. The number of rotatable bonds is 9. The molecule has 1 aliphatic heterocycles. The molecule has 0 aromatic heterocycles. The smallest absolute Gasteiger partial charge is 0.251 e. The van der Waals surface area contributed by atoms with E-state index in [0.29, 0.717) is 24.8 Å². The summed E-state index contributed by atoms with van der Waals surface area (Å²) in [5, 5.41) is 5.90. The lowest BCUT2D eigenvalue weighted by Gasteiger charge is -2.24. The Morgan fingerprint density at radius 2 is 1.83 bits per heavy atom. The van der Waals surface area contributed by atoms with E-state index in [1.165, 1.54) is 11.0 Å². The molecule has 7 nitrogen and oxygen atoms in total. The first-order chi connectivity index (χ1) is 16.9. The van der Waals surface area contributed by atoms with Crippen LogP contribution >= 0.6 is 0 Å². The van der Waals surface area contributed by atoms with Crippen LogP contribution in [0, 0.1) is 13.8 Å². The van der Waals surface area contributed by atoms with Crippen molar-refractivity contribution < 1.29 is 19.1 Å². The van der Waals surface area contributed by atoms with Crippen LogP contribution in [-0.2, 0) is 14.3 Å². The van der Waals surface area contributed by atoms with Gasteiger partial charge in [0.2, 0.25) is 11.8 Å². The minimum Gasteiger partial charge on any atom is -0.376 e. The van der Waals surface area contributed by atoms with E-state index in [-0.39, 0.29) is 30.4 Å². The molecule has 0 spiro atoms. The van der Waals surface area contributed by atoms with Crippen molar-refractivity contribution in [3.05, 3.63) is 70.8 Å². The fraction of sp³-hybridized carbons (Fsp3) is 0.393. The van der Waals surface area contributed by atoms with E-state index >= 15 is 0 Å². The number of carbonyl (C=O) groups excluding carboxylic acids is 3. The molecule has 2 aliphatic rings. The van der Waals surface area contributed by atoms with Crippen molar-refractivity contribution in [1.29, 1.82) is 0 Å². The van der Waals surface area contributed by atoms with Crippen LogP contribution in [0.4, 0.5) is 5.69 Å². The third-order valence-corrected chi connectivity index (χ3v) is 6.48. The first-order valence-electron chi connectivity index (χ1n) is 12.2. The van der Waals surface area contributed by atoms with E-state index in [1.807, 2.05) is 44.2 Å². The summed E-state index contributed by atoms with van der Waals surface area (Å²) < 4.78 is 5.71. The average molecular weight is 476 g/mol. The molecule has 2 aromatic carbocycles. The largest absolute Gasteiger partial charge is 0.376 e. The fourth-order valence-electron chi connectivity index (χ4n) is 4.03. The molecule has 184 valence electrons. The van der Waals surface area contributed by atoms with Crippen LogP contribution in [0.15, 0.2) is 48.5 Å². The van der Waals surface area contributed by atoms with E-state index in [2.05, 4.69) is 10.6 Å². The summed E-state index contributed by atoms with van der Waals surface area (Å²) >= 11 is 0. The highest BCUT2D eigenvalue weighted by molar-refractivity contribution is 5.98. The Bertz CT molecular complexity index is 1100. The zero-order valence-corrected chi connectivity index (χ0v) is 20.4. The normalized spacial score (nSPS) is 17.4. The molecule has 35 heavy (non-hydrogen) atoms. The Hall–Kier alpha value is -3.45. The van der Waals surface area contributed by atoms with Gasteiger partial charge in [-0.15, -0.1) is 0 Å². The van der Waals surface area contributed by atoms with Gasteiger partial charge in [0.1, 0.15) is 6.54 Å². The lowest BCUT2D eigenvalue weighted by Crippen LogP contribution is -2.41. The van der Waals surface area contributed by atoms with Crippen LogP contribution in [0.2, 0.25) is 0 Å². The summed E-state index contributed by atoms with van der Waals surface area (Å²) in [6.45, 7) is 4.94. The Labute approximate surface area is 206 Å². The minimum absolute atomic E-state index is 0.0588. The van der Waals surface area contributed by atoms with Crippen molar-refractivity contribution in [3.63, 3.8) is 0 Å². The summed E-state index contributed by atoms with van der Waals surface area (Å²) in [6, 6.07) is 13.2. The summed E-state index contributed by atoms with van der Waals surface area (Å²) in [6.07, 6.45) is 7.02. The Morgan fingerprint density at radius 3 is 2.51 bits per heavy atom. The van der Waals surface area contributed by atoms with Crippen molar-refractivity contribution in [2.75, 3.05) is 25.0 Å². The van der Waals surface area contributed by atoms with Crippen molar-refractivity contribution in [2.24, 2.45) is 0 Å². The first kappa shape index (κ1) is 24.7. The first-order valence-corrected chi connectivity index (χ1v) is 12.2. The van der Waals surface area contributed by atoms with Gasteiger partial charge >= 0.3 is 0 Å². The molecule has 0 radical (unpaired) electrons. The van der Waals surface area contributed by atoms with Crippen molar-refractivity contribution in [2.45, 2.75) is 51.7 Å². The maximum absolute atomic E-state index is 13.1. The molecule has 1 saturated carbocycles. The van der Waals surface area contributed by atoms with E-state index in [9.17, 15) is 14.4 Å². The fourth-order valence-corrected chi connectivity index (χ4v) is 4.03. The molecular formula is C28H33N3O4. The van der Waals surface area contributed by atoms with Gasteiger partial charge in [-0.3, -0.25) is 14.4 Å². The summed E-state index contributed by atoms with van der Waals surface area (Å²) in [5.74, 6) is -0.576. The SMILES string of the molecule is Cc1cccc(NC(=O)CN(CC2CCCO2)C(=O)/C=C/c2ccc(C(=O)NC3CC3)cc2)c1C.